The van der Waals surface area contributed by atoms with Crippen molar-refractivity contribution in [2.45, 2.75) is 31.5 Å². The van der Waals surface area contributed by atoms with Crippen LogP contribution in [0.2, 0.25) is 5.02 Å². The van der Waals surface area contributed by atoms with Crippen molar-refractivity contribution in [3.63, 3.8) is 0 Å². The Kier molecular flexibility index (Phi) is 6.07. The number of rotatable bonds is 6. The molecule has 7 nitrogen and oxygen atoms in total. The first-order chi connectivity index (χ1) is 14.0. The van der Waals surface area contributed by atoms with Gasteiger partial charge in [0.05, 0.1) is 5.75 Å². The summed E-state index contributed by atoms with van der Waals surface area (Å²) in [5.41, 5.74) is 1.04. The van der Waals surface area contributed by atoms with Crippen molar-refractivity contribution in [1.29, 1.82) is 0 Å². The first-order valence-electron chi connectivity index (χ1n) is 9.39. The van der Waals surface area contributed by atoms with Gasteiger partial charge in [-0.2, -0.15) is 4.98 Å². The largest absolute Gasteiger partial charge is 0.348 e. The number of fused-ring (bicyclic) bond motifs is 1. The molecule has 0 aliphatic carbocycles. The highest BCUT2D eigenvalue weighted by atomic mass is 35.5. The molecule has 0 saturated carbocycles. The molecule has 2 aromatic heterocycles. The molecule has 0 spiro atoms. The molecule has 1 fully saturated rings. The number of carbonyl (C=O) groups excluding carboxylic acids is 1. The van der Waals surface area contributed by atoms with Gasteiger partial charge in [0.25, 0.3) is 5.56 Å². The van der Waals surface area contributed by atoms with Crippen molar-refractivity contribution in [2.75, 3.05) is 29.1 Å². The number of benzene rings is 1. The summed E-state index contributed by atoms with van der Waals surface area (Å²) < 4.78 is 2.18. The van der Waals surface area contributed by atoms with Gasteiger partial charge in [-0.3, -0.25) is 14.2 Å². The first-order valence-corrected chi connectivity index (χ1v) is 11.6. The molecule has 152 valence electrons. The highest BCUT2D eigenvalue weighted by molar-refractivity contribution is 7.99. The second-order valence-corrected chi connectivity index (χ2v) is 8.99. The smallest absolute Gasteiger partial charge is 0.273 e. The molecular formula is C19H20ClN5O2S2. The Morgan fingerprint density at radius 2 is 1.97 bits per heavy atom. The Balaban J connectivity index is 1.53. The fourth-order valence-electron chi connectivity index (χ4n) is 3.17. The minimum Gasteiger partial charge on any atom is -0.348 e. The number of anilines is 2. The molecule has 0 atom stereocenters. The summed E-state index contributed by atoms with van der Waals surface area (Å²) >= 11 is 8.51. The Morgan fingerprint density at radius 1 is 1.24 bits per heavy atom. The van der Waals surface area contributed by atoms with Gasteiger partial charge in [-0.15, -0.1) is 0 Å². The van der Waals surface area contributed by atoms with Crippen LogP contribution < -0.4 is 15.8 Å². The Hall–Kier alpha value is -2.10. The van der Waals surface area contributed by atoms with E-state index in [-0.39, 0.29) is 17.2 Å². The molecule has 1 aromatic carbocycles. The zero-order valence-electron chi connectivity index (χ0n) is 15.9. The Labute approximate surface area is 181 Å². The average molecular weight is 450 g/mol. The van der Waals surface area contributed by atoms with Crippen molar-refractivity contribution >= 4 is 61.8 Å². The molecule has 1 aliphatic heterocycles. The molecule has 10 heteroatoms. The number of nitrogens with one attached hydrogen (secondary N) is 1. The second-order valence-electron chi connectivity index (χ2n) is 6.63. The van der Waals surface area contributed by atoms with Crippen LogP contribution in [0.25, 0.3) is 10.3 Å². The molecule has 29 heavy (non-hydrogen) atoms. The third-order valence-electron chi connectivity index (χ3n) is 4.62. The lowest BCUT2D eigenvalue weighted by Crippen LogP contribution is -2.23. The van der Waals surface area contributed by atoms with E-state index in [1.54, 1.807) is 28.8 Å². The van der Waals surface area contributed by atoms with E-state index >= 15 is 0 Å². The highest BCUT2D eigenvalue weighted by Crippen LogP contribution is 2.29. The van der Waals surface area contributed by atoms with Crippen LogP contribution in [0.5, 0.6) is 0 Å². The van der Waals surface area contributed by atoms with E-state index in [0.29, 0.717) is 32.8 Å². The zero-order valence-corrected chi connectivity index (χ0v) is 18.2. The predicted molar refractivity (Wildman–Crippen MR) is 120 cm³/mol. The zero-order chi connectivity index (χ0) is 20.4. The summed E-state index contributed by atoms with van der Waals surface area (Å²) in [6.45, 7) is 4.32. The number of hydrogen-bond acceptors (Lipinski definition) is 7. The fourth-order valence-corrected chi connectivity index (χ4v) is 5.15. The fraction of sp³-hybridized carbons (Fsp3) is 0.368. The lowest BCUT2D eigenvalue weighted by molar-refractivity contribution is -0.113. The minimum absolute atomic E-state index is 0.0962. The number of nitrogens with zero attached hydrogens (tertiary/aromatic N) is 4. The molecule has 1 saturated heterocycles. The van der Waals surface area contributed by atoms with Crippen LogP contribution in [-0.2, 0) is 11.3 Å². The standard InChI is InChI=1S/C19H20ClN5O2S2/c1-2-25-17(27)15-16(22-18(29-15)24-9-3-4-10-24)23-19(25)28-11-14(26)21-13-7-5-12(20)6-8-13/h5-8H,2-4,9-11H2,1H3,(H,21,26). The van der Waals surface area contributed by atoms with E-state index in [1.165, 1.54) is 23.1 Å². The summed E-state index contributed by atoms with van der Waals surface area (Å²) in [7, 11) is 0. The number of thiazole rings is 1. The Morgan fingerprint density at radius 3 is 2.66 bits per heavy atom. The van der Waals surface area contributed by atoms with E-state index < -0.39 is 0 Å². The van der Waals surface area contributed by atoms with Gasteiger partial charge in [0.15, 0.2) is 15.9 Å². The van der Waals surface area contributed by atoms with Crippen LogP contribution in [0.4, 0.5) is 10.8 Å². The number of halogens is 1. The molecule has 0 unspecified atom stereocenters. The summed E-state index contributed by atoms with van der Waals surface area (Å²) in [5, 5.41) is 4.79. The SMILES string of the molecule is CCn1c(SCC(=O)Nc2ccc(Cl)cc2)nc2nc(N3CCCC3)sc2c1=O. The molecule has 3 heterocycles. The number of amides is 1. The third kappa shape index (κ3) is 4.41. The van der Waals surface area contributed by atoms with Crippen molar-refractivity contribution in [3.8, 4) is 0 Å². The van der Waals surface area contributed by atoms with Gasteiger partial charge in [0, 0.05) is 30.3 Å². The summed E-state index contributed by atoms with van der Waals surface area (Å²) in [4.78, 5) is 36.6. The normalized spacial score (nSPS) is 13.9. The molecular weight excluding hydrogens is 430 g/mol. The van der Waals surface area contributed by atoms with Gasteiger partial charge < -0.3 is 10.2 Å². The molecule has 1 amide bonds. The molecule has 0 radical (unpaired) electrons. The van der Waals surface area contributed by atoms with Gasteiger partial charge >= 0.3 is 0 Å². The van der Waals surface area contributed by atoms with Crippen LogP contribution in [0.1, 0.15) is 19.8 Å². The predicted octanol–water partition coefficient (Wildman–Crippen LogP) is 3.86. The minimum atomic E-state index is -0.176. The lowest BCUT2D eigenvalue weighted by atomic mass is 10.3. The van der Waals surface area contributed by atoms with Crippen LogP contribution in [-0.4, -0.2) is 39.3 Å². The van der Waals surface area contributed by atoms with Crippen LogP contribution in [0, 0.1) is 0 Å². The second kappa shape index (κ2) is 8.73. The highest BCUT2D eigenvalue weighted by Gasteiger charge is 2.20. The molecule has 1 aliphatic rings. The first kappa shape index (κ1) is 20.2. The summed E-state index contributed by atoms with van der Waals surface area (Å²) in [5.74, 6) is -0.0330. The molecule has 3 aromatic rings. The van der Waals surface area contributed by atoms with Gasteiger partial charge in [-0.05, 0) is 44.0 Å². The van der Waals surface area contributed by atoms with Crippen molar-refractivity contribution in [2.24, 2.45) is 0 Å². The van der Waals surface area contributed by atoms with Gasteiger partial charge in [0.1, 0.15) is 4.70 Å². The van der Waals surface area contributed by atoms with Crippen LogP contribution in [0.15, 0.2) is 34.2 Å². The number of hydrogen-bond donors (Lipinski definition) is 1. The van der Waals surface area contributed by atoms with Gasteiger partial charge in [-0.25, -0.2) is 4.98 Å². The van der Waals surface area contributed by atoms with Gasteiger partial charge in [0.2, 0.25) is 5.91 Å². The monoisotopic (exact) mass is 449 g/mol. The quantitative estimate of drug-likeness (QED) is 0.454. The maximum absolute atomic E-state index is 12.9. The molecule has 1 N–H and O–H groups in total. The number of thioether (sulfide) groups is 1. The third-order valence-corrected chi connectivity index (χ3v) is 6.94. The topological polar surface area (TPSA) is 80.1 Å². The van der Waals surface area contributed by atoms with Crippen molar-refractivity contribution < 1.29 is 4.79 Å². The van der Waals surface area contributed by atoms with Crippen molar-refractivity contribution in [1.82, 2.24) is 14.5 Å². The molecule has 0 bridgehead atoms. The maximum atomic E-state index is 12.9. The average Bonchev–Trinajstić information content (AvgIpc) is 3.38. The van der Waals surface area contributed by atoms with E-state index in [1.807, 2.05) is 6.92 Å². The lowest BCUT2D eigenvalue weighted by Gasteiger charge is -2.11. The van der Waals surface area contributed by atoms with E-state index in [2.05, 4.69) is 20.2 Å². The van der Waals surface area contributed by atoms with E-state index in [4.69, 9.17) is 11.6 Å². The van der Waals surface area contributed by atoms with Gasteiger partial charge in [-0.1, -0.05) is 34.7 Å². The Bertz CT molecular complexity index is 1090. The van der Waals surface area contributed by atoms with Crippen LogP contribution >= 0.6 is 34.7 Å². The summed E-state index contributed by atoms with van der Waals surface area (Å²) in [6.07, 6.45) is 2.29. The van der Waals surface area contributed by atoms with E-state index in [0.717, 1.165) is 31.1 Å². The van der Waals surface area contributed by atoms with Crippen molar-refractivity contribution in [3.05, 3.63) is 39.6 Å². The molecule has 4 rings (SSSR count). The van der Waals surface area contributed by atoms with Crippen LogP contribution in [0.3, 0.4) is 0 Å². The summed E-state index contributed by atoms with van der Waals surface area (Å²) in [6, 6.07) is 6.92. The number of carbonyl (C=O) groups is 1. The number of aromatic nitrogens is 3. The van der Waals surface area contributed by atoms with E-state index in [9.17, 15) is 9.59 Å². The maximum Gasteiger partial charge on any atom is 0.273 e.